The predicted octanol–water partition coefficient (Wildman–Crippen LogP) is 4.55. The van der Waals surface area contributed by atoms with E-state index in [1.165, 1.54) is 43.9 Å². The largest absolute Gasteiger partial charge is 0.388 e. The lowest BCUT2D eigenvalue weighted by molar-refractivity contribution is -0.280. The molecule has 0 radical (unpaired) electrons. The highest BCUT2D eigenvalue weighted by Gasteiger charge is 2.47. The highest BCUT2D eigenvalue weighted by molar-refractivity contribution is 8.14. The fourth-order valence-electron chi connectivity index (χ4n) is 3.87. The molecule has 1 fully saturated rings. The summed E-state index contributed by atoms with van der Waals surface area (Å²) in [6.45, 7) is 11.4. The number of unbranched alkanes of at least 4 members (excludes halogenated alkanes) is 5. The van der Waals surface area contributed by atoms with Gasteiger partial charge in [-0.1, -0.05) is 50.8 Å². The average molecular weight is 360 g/mol. The van der Waals surface area contributed by atoms with E-state index >= 15 is 0 Å². The van der Waals surface area contributed by atoms with Gasteiger partial charge in [0.1, 0.15) is 6.61 Å². The summed E-state index contributed by atoms with van der Waals surface area (Å²) in [5.74, 6) is 0. The third kappa shape index (κ3) is 7.03. The molecule has 24 heavy (non-hydrogen) atoms. The molecule has 0 spiro atoms. The van der Waals surface area contributed by atoms with Crippen molar-refractivity contribution >= 4 is 16.9 Å². The van der Waals surface area contributed by atoms with Crippen LogP contribution in [0.25, 0.3) is 0 Å². The van der Waals surface area contributed by atoms with Crippen LogP contribution in [0.3, 0.4) is 0 Å². The third-order valence-electron chi connectivity index (χ3n) is 4.70. The van der Waals surface area contributed by atoms with Crippen molar-refractivity contribution in [1.82, 2.24) is 5.06 Å². The molecule has 1 N–H and O–H groups in total. The lowest BCUT2D eigenvalue weighted by atomic mass is 9.82. The van der Waals surface area contributed by atoms with Crippen LogP contribution in [0.5, 0.6) is 0 Å². The van der Waals surface area contributed by atoms with Gasteiger partial charge in [-0.05, 0) is 47.0 Å². The molecule has 0 bridgehead atoms. The zero-order valence-electron chi connectivity index (χ0n) is 16.3. The summed E-state index contributed by atoms with van der Waals surface area (Å²) in [5, 5.41) is 11.3. The first-order chi connectivity index (χ1) is 11.2. The van der Waals surface area contributed by atoms with E-state index in [9.17, 15) is 4.79 Å². The van der Waals surface area contributed by atoms with E-state index in [1.54, 1.807) is 0 Å². The Bertz CT molecular complexity index is 367. The molecule has 0 unspecified atom stereocenters. The first-order valence-corrected chi connectivity index (χ1v) is 10.3. The summed E-state index contributed by atoms with van der Waals surface area (Å²) in [5.41, 5.74) is -0.227. The van der Waals surface area contributed by atoms with Crippen molar-refractivity contribution in [3.05, 3.63) is 0 Å². The first-order valence-electron chi connectivity index (χ1n) is 9.46. The Kier molecular flexibility index (Phi) is 9.28. The predicted molar refractivity (Wildman–Crippen MR) is 102 cm³/mol. The second kappa shape index (κ2) is 10.1. The van der Waals surface area contributed by atoms with Crippen molar-refractivity contribution < 1.29 is 14.7 Å². The van der Waals surface area contributed by atoms with E-state index in [0.717, 1.165) is 25.9 Å². The van der Waals surface area contributed by atoms with E-state index < -0.39 is 0 Å². The second-order valence-corrected chi connectivity index (χ2v) is 9.56. The molecule has 0 aromatic carbocycles. The number of nitrogens with zero attached hydrogens (tertiary/aromatic N) is 1. The van der Waals surface area contributed by atoms with Crippen LogP contribution >= 0.6 is 11.8 Å². The summed E-state index contributed by atoms with van der Waals surface area (Å²) in [6, 6.07) is 0. The number of aliphatic hydroxyl groups is 1. The maximum absolute atomic E-state index is 11.6. The number of rotatable bonds is 10. The number of carbonyl (C=O) groups is 1. The Morgan fingerprint density at radius 1 is 1.08 bits per heavy atom. The molecule has 0 atom stereocenters. The first kappa shape index (κ1) is 21.9. The minimum Gasteiger partial charge on any atom is -0.388 e. The van der Waals surface area contributed by atoms with Crippen LogP contribution in [-0.4, -0.2) is 44.8 Å². The summed E-state index contributed by atoms with van der Waals surface area (Å²) in [6.07, 6.45) is 9.36. The molecule has 1 aliphatic rings. The molecule has 1 aliphatic heterocycles. The maximum atomic E-state index is 11.6. The van der Waals surface area contributed by atoms with Crippen LogP contribution in [0.4, 0.5) is 0 Å². The number of carbonyl (C=O) groups excluding carboxylic acids is 1. The van der Waals surface area contributed by atoms with Gasteiger partial charge < -0.3 is 5.11 Å². The van der Waals surface area contributed by atoms with Crippen molar-refractivity contribution in [1.29, 1.82) is 0 Å². The van der Waals surface area contributed by atoms with E-state index in [-0.39, 0.29) is 28.0 Å². The lowest BCUT2D eigenvalue weighted by Gasteiger charge is -2.53. The molecule has 0 aliphatic carbocycles. The lowest BCUT2D eigenvalue weighted by Crippen LogP contribution is -2.61. The number of hydrogen-bond donors (Lipinski definition) is 1. The fraction of sp³-hybridized carbons (Fsp3) is 0.947. The van der Waals surface area contributed by atoms with Gasteiger partial charge in [0, 0.05) is 16.3 Å². The Balaban J connectivity index is 2.48. The average Bonchev–Trinajstić information content (AvgIpc) is 2.47. The Morgan fingerprint density at radius 2 is 1.62 bits per heavy atom. The van der Waals surface area contributed by atoms with Gasteiger partial charge in [0.25, 0.3) is 0 Å². The van der Waals surface area contributed by atoms with Crippen LogP contribution in [0.1, 0.15) is 86.0 Å². The molecule has 0 aromatic rings. The Morgan fingerprint density at radius 3 is 2.17 bits per heavy atom. The van der Waals surface area contributed by atoms with Crippen molar-refractivity contribution in [2.24, 2.45) is 0 Å². The molecule has 0 aromatic heterocycles. The number of hydroxylamine groups is 2. The molecular weight excluding hydrogens is 322 g/mol. The highest BCUT2D eigenvalue weighted by Crippen LogP contribution is 2.43. The smallest absolute Gasteiger partial charge is 0.214 e. The molecule has 0 saturated carbocycles. The van der Waals surface area contributed by atoms with Gasteiger partial charge in [-0.15, -0.1) is 0 Å². The second-order valence-electron chi connectivity index (χ2n) is 8.20. The normalized spacial score (nSPS) is 21.1. The van der Waals surface area contributed by atoms with Gasteiger partial charge in [-0.3, -0.25) is 9.63 Å². The number of piperidine rings is 1. The molecule has 142 valence electrons. The molecule has 1 saturated heterocycles. The van der Waals surface area contributed by atoms with E-state index in [2.05, 4.69) is 39.7 Å². The van der Waals surface area contributed by atoms with E-state index in [1.807, 2.05) is 0 Å². The summed E-state index contributed by atoms with van der Waals surface area (Å²) < 4.78 is 0. The highest BCUT2D eigenvalue weighted by atomic mass is 32.2. The van der Waals surface area contributed by atoms with Crippen molar-refractivity contribution in [3.63, 3.8) is 0 Å². The summed E-state index contributed by atoms with van der Waals surface area (Å²) >= 11 is 1.30. The molecule has 1 heterocycles. The zero-order valence-corrected chi connectivity index (χ0v) is 17.1. The van der Waals surface area contributed by atoms with Crippen LogP contribution in [-0.2, 0) is 9.63 Å². The van der Waals surface area contributed by atoms with Crippen LogP contribution in [0.2, 0.25) is 0 Å². The quantitative estimate of drug-likeness (QED) is 0.580. The number of thioether (sulfide) groups is 1. The number of aliphatic hydroxyl groups excluding tert-OH is 1. The fourth-order valence-corrected chi connectivity index (χ4v) is 5.29. The van der Waals surface area contributed by atoms with Crippen LogP contribution < -0.4 is 0 Å². The maximum Gasteiger partial charge on any atom is 0.214 e. The van der Waals surface area contributed by atoms with Crippen LogP contribution in [0.15, 0.2) is 0 Å². The molecular formula is C19H37NO3S. The van der Waals surface area contributed by atoms with Gasteiger partial charge in [0.2, 0.25) is 5.12 Å². The van der Waals surface area contributed by atoms with E-state index in [4.69, 9.17) is 9.94 Å². The molecule has 1 rings (SSSR count). The van der Waals surface area contributed by atoms with Gasteiger partial charge in [0.05, 0.1) is 6.61 Å². The van der Waals surface area contributed by atoms with Crippen molar-refractivity contribution in [2.75, 3.05) is 13.2 Å². The van der Waals surface area contributed by atoms with Crippen molar-refractivity contribution in [2.45, 2.75) is 102 Å². The third-order valence-corrected chi connectivity index (χ3v) is 5.76. The summed E-state index contributed by atoms with van der Waals surface area (Å²) in [4.78, 5) is 17.8. The molecule has 0 amide bonds. The standard InChI is InChI=1S/C19H37NO3S/c1-6-7-8-9-10-11-12-23-20-18(2,3)13-16(14-19(20,4)5)24-17(22)15-21/h16,21H,6-15H2,1-5H3. The molecule has 4 nitrogen and oxygen atoms in total. The summed E-state index contributed by atoms with van der Waals surface area (Å²) in [7, 11) is 0. The monoisotopic (exact) mass is 359 g/mol. The Labute approximate surface area is 152 Å². The number of hydrogen-bond acceptors (Lipinski definition) is 5. The Hall–Kier alpha value is -0.100. The van der Waals surface area contributed by atoms with Gasteiger partial charge in [0.15, 0.2) is 0 Å². The molecule has 5 heteroatoms. The minimum absolute atomic E-state index is 0.114. The topological polar surface area (TPSA) is 49.8 Å². The van der Waals surface area contributed by atoms with Gasteiger partial charge in [-0.25, -0.2) is 0 Å². The van der Waals surface area contributed by atoms with Crippen molar-refractivity contribution in [3.8, 4) is 0 Å². The van der Waals surface area contributed by atoms with E-state index in [0.29, 0.717) is 0 Å². The zero-order chi connectivity index (χ0) is 18.2. The van der Waals surface area contributed by atoms with Gasteiger partial charge >= 0.3 is 0 Å². The van der Waals surface area contributed by atoms with Gasteiger partial charge in [-0.2, -0.15) is 5.06 Å². The van der Waals surface area contributed by atoms with Crippen LogP contribution in [0, 0.1) is 0 Å². The SMILES string of the molecule is CCCCCCCCON1C(C)(C)CC(SC(=O)CO)CC1(C)C. The minimum atomic E-state index is -0.375.